The van der Waals surface area contributed by atoms with Crippen LogP contribution in [0.25, 0.3) is 0 Å². The number of rotatable bonds is 0. The molecule has 0 aliphatic carbocycles. The van der Waals surface area contributed by atoms with Crippen LogP contribution in [0.1, 0.15) is 2.85 Å². The smallest absolute Gasteiger partial charge is 1.00 e. The summed E-state index contributed by atoms with van der Waals surface area (Å²) in [6.07, 6.45) is 0. The Morgan fingerprint density at radius 2 is 1.17 bits per heavy atom. The van der Waals surface area contributed by atoms with Crippen molar-refractivity contribution in [2.24, 2.45) is 0 Å². The topological polar surface area (TPSA) is 0 Å². The number of halogens is 3. The third-order valence-electron chi connectivity index (χ3n) is 0. The predicted octanol–water partition coefficient (Wildman–Crippen LogP) is 0.722. The normalized spacial score (nSPS) is 4.50. The molecule has 0 saturated heterocycles. The Labute approximate surface area is 83.0 Å². The van der Waals surface area contributed by atoms with E-state index in [0.717, 1.165) is 0 Å². The second kappa shape index (κ2) is 10.2. The van der Waals surface area contributed by atoms with Crippen molar-refractivity contribution >= 4 is 53.3 Å². The van der Waals surface area contributed by atoms with Crippen LogP contribution in [-0.4, -0.2) is 53.3 Å². The van der Waals surface area contributed by atoms with E-state index in [1.165, 1.54) is 0 Å². The quantitative estimate of drug-likeness (QED) is 0.479. The minimum absolute atomic E-state index is 0. The molecule has 0 aliphatic rings. The summed E-state index contributed by atoms with van der Waals surface area (Å²) in [5.41, 5.74) is 0. The molecule has 0 heterocycles. The van der Waals surface area contributed by atoms with Crippen LogP contribution >= 0.6 is 0 Å². The Balaban J connectivity index is -0.00000000750. The van der Waals surface area contributed by atoms with Crippen LogP contribution in [0.2, 0.25) is 0 Å². The largest absolute Gasteiger partial charge is 2.00 e. The Morgan fingerprint density at radius 1 is 1.17 bits per heavy atom. The average Bonchev–Trinajstić information content (AvgIpc) is 0.811. The molecule has 0 bridgehead atoms. The van der Waals surface area contributed by atoms with E-state index >= 15 is 0 Å². The zero-order chi connectivity index (χ0) is 3.58. The maximum Gasteiger partial charge on any atom is 2.00 e. The van der Waals surface area contributed by atoms with Gasteiger partial charge in [-0.05, 0) is 0 Å². The molecule has 6 heteroatoms. The zero-order valence-corrected chi connectivity index (χ0v) is 7.46. The molecule has 0 aromatic rings. The van der Waals surface area contributed by atoms with Gasteiger partial charge in [0, 0.05) is 17.4 Å². The van der Waals surface area contributed by atoms with E-state index in [0.29, 0.717) is 0 Å². The van der Waals surface area contributed by atoms with Crippen molar-refractivity contribution in [2.75, 3.05) is 0 Å². The van der Waals surface area contributed by atoms with Crippen LogP contribution in [0.3, 0.4) is 0 Å². The molecule has 6 heavy (non-hydrogen) atoms. The molecule has 0 N–H and O–H groups in total. The van der Waals surface area contributed by atoms with Gasteiger partial charge in [-0.2, -0.15) is 0 Å². The van der Waals surface area contributed by atoms with Crippen LogP contribution in [0.15, 0.2) is 0 Å². The number of hydrogen-bond donors (Lipinski definition) is 0. The molecule has 0 unspecified atom stereocenters. The molecule has 0 aromatic carbocycles. The van der Waals surface area contributed by atoms with Crippen molar-refractivity contribution in [1.29, 1.82) is 0 Å². The van der Waals surface area contributed by atoms with Gasteiger partial charge in [0.2, 0.25) is 0 Å². The summed E-state index contributed by atoms with van der Waals surface area (Å²) in [7, 11) is 0. The number of hydrogen-bond acceptors (Lipinski definition) is 0. The van der Waals surface area contributed by atoms with E-state index in [-0.39, 0.29) is 58.0 Å². The molecule has 0 fully saturated rings. The molecule has 34 valence electrons. The summed E-state index contributed by atoms with van der Waals surface area (Å²) in [5.74, 6) is 0. The van der Waals surface area contributed by atoms with E-state index in [9.17, 15) is 10.6 Å². The molecule has 0 radical (unpaired) electrons. The third kappa shape index (κ3) is 35.8. The van der Waals surface area contributed by atoms with Gasteiger partial charge in [-0.15, -0.1) is 0 Å². The Kier molecular flexibility index (Phi) is 26.6. The molecule has 0 spiro atoms. The summed E-state index contributed by atoms with van der Waals surface area (Å²) >= 11 is -4.64. The summed E-state index contributed by atoms with van der Waals surface area (Å²) in [5, 5.41) is 0. The maximum absolute atomic E-state index is 9.81. The first-order valence-electron chi connectivity index (χ1n) is 0.655. The fraction of sp³-hybridized carbons (Fsp3) is 0. The second-order valence-electron chi connectivity index (χ2n) is 0.247. The molecule has 0 amide bonds. The monoisotopic (exact) mass is 178 g/mol. The van der Waals surface area contributed by atoms with E-state index in [2.05, 4.69) is 0 Å². The van der Waals surface area contributed by atoms with Crippen LogP contribution in [-0.2, 0) is 17.4 Å². The fourth-order valence-electron chi connectivity index (χ4n) is 0. The molecule has 0 aromatic heterocycles. The van der Waals surface area contributed by atoms with Crippen LogP contribution < -0.4 is 0 Å². The van der Waals surface area contributed by atoms with Crippen LogP contribution in [0, 0.1) is 0 Å². The molecular weight excluding hydrogens is 176 g/mol. The molecule has 0 saturated carbocycles. The van der Waals surface area contributed by atoms with Gasteiger partial charge >= 0.3 is 53.3 Å². The van der Waals surface area contributed by atoms with Gasteiger partial charge in [0.1, 0.15) is 0 Å². The van der Waals surface area contributed by atoms with Gasteiger partial charge in [0.05, 0.1) is 0 Å². The van der Waals surface area contributed by atoms with E-state index < -0.39 is 15.5 Å². The SMILES string of the molecule is [Ca+2].[Cr].[F][Al]([F])[F].[H-].[H-]. The summed E-state index contributed by atoms with van der Waals surface area (Å²) < 4.78 is 29.4. The van der Waals surface area contributed by atoms with Gasteiger partial charge in [-0.1, -0.05) is 0 Å². The average molecular weight is 178 g/mol. The van der Waals surface area contributed by atoms with Gasteiger partial charge in [0.15, 0.2) is 0 Å². The minimum atomic E-state index is -4.64. The summed E-state index contributed by atoms with van der Waals surface area (Å²) in [6, 6.07) is 0. The van der Waals surface area contributed by atoms with Gasteiger partial charge in [0.25, 0.3) is 0 Å². The van der Waals surface area contributed by atoms with Crippen molar-refractivity contribution < 1.29 is 30.8 Å². The first-order valence-corrected chi connectivity index (χ1v) is 1.96. The summed E-state index contributed by atoms with van der Waals surface area (Å²) in [6.45, 7) is 0. The Bertz CT molecular complexity index is 22.0. The molecule has 0 nitrogen and oxygen atoms in total. The Hall–Kier alpha value is 2.11. The van der Waals surface area contributed by atoms with Gasteiger partial charge < -0.3 is 13.4 Å². The standard InChI is InChI=1S/Al.Ca.Cr.3FH.2H/h;;;3*1H;;/q+3;+2;;;;;2*-1/p-3. The van der Waals surface area contributed by atoms with E-state index in [1.54, 1.807) is 0 Å². The minimum Gasteiger partial charge on any atom is -1.00 e. The van der Waals surface area contributed by atoms with Crippen molar-refractivity contribution in [2.45, 2.75) is 0 Å². The van der Waals surface area contributed by atoms with Gasteiger partial charge in [-0.25, -0.2) is 0 Å². The molecule has 0 rings (SSSR count). The first-order chi connectivity index (χ1) is 1.73. The Morgan fingerprint density at radius 3 is 1.17 bits per heavy atom. The van der Waals surface area contributed by atoms with Crippen molar-refractivity contribution in [3.8, 4) is 0 Å². The first kappa shape index (κ1) is 15.7. The molecule has 0 atom stereocenters. The third-order valence-corrected chi connectivity index (χ3v) is 0. The predicted molar refractivity (Wildman–Crippen MR) is 17.1 cm³/mol. The molecular formula is H2AlCaCrF3. The van der Waals surface area contributed by atoms with Crippen molar-refractivity contribution in [3.63, 3.8) is 0 Å². The zero-order valence-electron chi connectivity index (χ0n) is 4.83. The van der Waals surface area contributed by atoms with Crippen LogP contribution in [0.4, 0.5) is 10.6 Å². The fourth-order valence-corrected chi connectivity index (χ4v) is 0. The second-order valence-corrected chi connectivity index (χ2v) is 0.742. The van der Waals surface area contributed by atoms with Crippen molar-refractivity contribution in [3.05, 3.63) is 0 Å². The van der Waals surface area contributed by atoms with Crippen LogP contribution in [0.5, 0.6) is 0 Å². The summed E-state index contributed by atoms with van der Waals surface area (Å²) in [4.78, 5) is 0. The van der Waals surface area contributed by atoms with E-state index in [1.807, 2.05) is 0 Å². The van der Waals surface area contributed by atoms with Gasteiger partial charge in [-0.3, -0.25) is 0 Å². The maximum atomic E-state index is 9.81. The molecule has 0 aliphatic heterocycles. The van der Waals surface area contributed by atoms with Crippen molar-refractivity contribution in [1.82, 2.24) is 0 Å². The van der Waals surface area contributed by atoms with E-state index in [4.69, 9.17) is 0 Å².